The van der Waals surface area contributed by atoms with Gasteiger partial charge in [-0.1, -0.05) is 15.9 Å². The molecule has 0 aliphatic carbocycles. The van der Waals surface area contributed by atoms with Gasteiger partial charge in [-0.25, -0.2) is 0 Å². The predicted octanol–water partition coefficient (Wildman–Crippen LogP) is 4.52. The maximum Gasteiger partial charge on any atom is 0.417 e. The highest BCUT2D eigenvalue weighted by Crippen LogP contribution is 2.39. The van der Waals surface area contributed by atoms with Gasteiger partial charge in [-0.3, -0.25) is 0 Å². The molecule has 0 aliphatic heterocycles. The molecule has 1 aromatic rings. The molecular formula is C7H3Br2F3S. The smallest absolute Gasteiger partial charge is 0.166 e. The Labute approximate surface area is 95.2 Å². The fourth-order valence-corrected chi connectivity index (χ4v) is 2.13. The molecule has 0 radical (unpaired) electrons. The highest BCUT2D eigenvalue weighted by atomic mass is 79.9. The summed E-state index contributed by atoms with van der Waals surface area (Å²) in [6, 6.07) is 2.49. The molecule has 0 nitrogen and oxygen atoms in total. The molecule has 1 aromatic carbocycles. The van der Waals surface area contributed by atoms with Gasteiger partial charge in [-0.2, -0.15) is 13.2 Å². The number of hydrogen-bond donors (Lipinski definition) is 1. The van der Waals surface area contributed by atoms with E-state index in [0.717, 1.165) is 6.07 Å². The predicted molar refractivity (Wildman–Crippen MR) is 54.1 cm³/mol. The third-order valence-corrected chi connectivity index (χ3v) is 3.29. The van der Waals surface area contributed by atoms with E-state index in [9.17, 15) is 13.2 Å². The minimum absolute atomic E-state index is 0.0356. The fraction of sp³-hybridized carbons (Fsp3) is 0.143. The second-order valence-corrected chi connectivity index (χ2v) is 4.47. The second-order valence-electron chi connectivity index (χ2n) is 2.28. The van der Waals surface area contributed by atoms with Gasteiger partial charge in [0.2, 0.25) is 0 Å². The lowest BCUT2D eigenvalue weighted by Gasteiger charge is -2.10. The Morgan fingerprint density at radius 1 is 1.15 bits per heavy atom. The van der Waals surface area contributed by atoms with Gasteiger partial charge in [-0.05, 0) is 28.1 Å². The molecule has 0 heterocycles. The van der Waals surface area contributed by atoms with Crippen LogP contribution >= 0.6 is 44.5 Å². The fourth-order valence-electron chi connectivity index (χ4n) is 0.781. The van der Waals surface area contributed by atoms with Gasteiger partial charge in [0, 0.05) is 13.8 Å². The monoisotopic (exact) mass is 334 g/mol. The van der Waals surface area contributed by atoms with Crippen LogP contribution in [0.3, 0.4) is 0 Å². The maximum absolute atomic E-state index is 12.3. The van der Waals surface area contributed by atoms with E-state index in [2.05, 4.69) is 44.5 Å². The van der Waals surface area contributed by atoms with Crippen LogP contribution < -0.4 is 0 Å². The SMILES string of the molecule is FC(F)(F)c1cc(Br)cc(S)c1Br. The van der Waals surface area contributed by atoms with Crippen molar-refractivity contribution < 1.29 is 13.2 Å². The van der Waals surface area contributed by atoms with Crippen molar-refractivity contribution in [2.45, 2.75) is 11.1 Å². The average Bonchev–Trinajstić information content (AvgIpc) is 1.94. The number of alkyl halides is 3. The topological polar surface area (TPSA) is 0 Å². The zero-order chi connectivity index (χ0) is 10.2. The van der Waals surface area contributed by atoms with Crippen LogP contribution in [-0.4, -0.2) is 0 Å². The van der Waals surface area contributed by atoms with Crippen LogP contribution in [0, 0.1) is 0 Å². The van der Waals surface area contributed by atoms with E-state index in [1.165, 1.54) is 6.07 Å². The molecule has 0 atom stereocenters. The van der Waals surface area contributed by atoms with Gasteiger partial charge in [0.25, 0.3) is 0 Å². The summed E-state index contributed by atoms with van der Waals surface area (Å²) < 4.78 is 37.3. The van der Waals surface area contributed by atoms with Gasteiger partial charge >= 0.3 is 6.18 Å². The molecule has 0 bridgehead atoms. The summed E-state index contributed by atoms with van der Waals surface area (Å²) in [5.41, 5.74) is -0.730. The van der Waals surface area contributed by atoms with Crippen molar-refractivity contribution in [1.29, 1.82) is 0 Å². The van der Waals surface area contributed by atoms with Crippen molar-refractivity contribution in [2.24, 2.45) is 0 Å². The molecule has 72 valence electrons. The Kier molecular flexibility index (Phi) is 3.35. The molecule has 0 unspecified atom stereocenters. The van der Waals surface area contributed by atoms with Crippen molar-refractivity contribution in [1.82, 2.24) is 0 Å². The van der Waals surface area contributed by atoms with Crippen LogP contribution in [0.25, 0.3) is 0 Å². The normalized spacial score (nSPS) is 11.8. The molecule has 6 heteroatoms. The van der Waals surface area contributed by atoms with Crippen LogP contribution in [0.1, 0.15) is 5.56 Å². The number of thiol groups is 1. The van der Waals surface area contributed by atoms with Gasteiger partial charge < -0.3 is 0 Å². The van der Waals surface area contributed by atoms with E-state index < -0.39 is 11.7 Å². The lowest BCUT2D eigenvalue weighted by molar-refractivity contribution is -0.138. The second kappa shape index (κ2) is 3.82. The summed E-state index contributed by atoms with van der Waals surface area (Å²) in [4.78, 5) is 0.252. The third kappa shape index (κ3) is 2.63. The molecule has 0 amide bonds. The lowest BCUT2D eigenvalue weighted by atomic mass is 10.2. The van der Waals surface area contributed by atoms with E-state index >= 15 is 0 Å². The van der Waals surface area contributed by atoms with Gasteiger partial charge in [0.05, 0.1) is 5.56 Å². The molecule has 0 aliphatic rings. The number of rotatable bonds is 0. The van der Waals surface area contributed by atoms with E-state index in [1.807, 2.05) is 0 Å². The molecule has 0 aromatic heterocycles. The molecule has 0 spiro atoms. The molecule has 0 saturated heterocycles. The summed E-state index contributed by atoms with van der Waals surface area (Å²) in [7, 11) is 0. The third-order valence-electron chi connectivity index (χ3n) is 1.32. The zero-order valence-electron chi connectivity index (χ0n) is 5.99. The molecule has 0 saturated carbocycles. The first-order valence-corrected chi connectivity index (χ1v) is 5.11. The molecule has 0 N–H and O–H groups in total. The van der Waals surface area contributed by atoms with Crippen LogP contribution in [0.2, 0.25) is 0 Å². The summed E-state index contributed by atoms with van der Waals surface area (Å²) in [6.07, 6.45) is -4.36. The molecular weight excluding hydrogens is 333 g/mol. The molecule has 1 rings (SSSR count). The van der Waals surface area contributed by atoms with E-state index in [1.54, 1.807) is 0 Å². The van der Waals surface area contributed by atoms with Crippen LogP contribution in [0.5, 0.6) is 0 Å². The van der Waals surface area contributed by atoms with Crippen molar-refractivity contribution in [3.05, 3.63) is 26.6 Å². The van der Waals surface area contributed by atoms with Crippen molar-refractivity contribution in [2.75, 3.05) is 0 Å². The van der Waals surface area contributed by atoms with Crippen LogP contribution in [0.4, 0.5) is 13.2 Å². The van der Waals surface area contributed by atoms with Crippen molar-refractivity contribution >= 4 is 44.5 Å². The highest BCUT2D eigenvalue weighted by Gasteiger charge is 2.33. The minimum Gasteiger partial charge on any atom is -0.166 e. The Morgan fingerprint density at radius 2 is 1.69 bits per heavy atom. The van der Waals surface area contributed by atoms with Crippen LogP contribution in [0.15, 0.2) is 26.0 Å². The average molecular weight is 336 g/mol. The lowest BCUT2D eigenvalue weighted by Crippen LogP contribution is -2.06. The Hall–Kier alpha value is 0.320. The summed E-state index contributed by atoms with van der Waals surface area (Å²) in [5, 5.41) is 0. The van der Waals surface area contributed by atoms with Crippen LogP contribution in [-0.2, 0) is 6.18 Å². The number of hydrogen-bond acceptors (Lipinski definition) is 1. The standard InChI is InChI=1S/C7H3Br2F3S/c8-3-1-4(7(10,11)12)6(9)5(13)2-3/h1-2,13H. The first kappa shape index (κ1) is 11.4. The Bertz CT molecular complexity index is 335. The first-order chi connectivity index (χ1) is 5.82. The largest absolute Gasteiger partial charge is 0.417 e. The molecule has 13 heavy (non-hydrogen) atoms. The van der Waals surface area contributed by atoms with Crippen molar-refractivity contribution in [3.63, 3.8) is 0 Å². The van der Waals surface area contributed by atoms with Gasteiger partial charge in [0.15, 0.2) is 0 Å². The van der Waals surface area contributed by atoms with E-state index in [4.69, 9.17) is 0 Å². The van der Waals surface area contributed by atoms with Gasteiger partial charge in [-0.15, -0.1) is 12.6 Å². The Morgan fingerprint density at radius 3 is 2.15 bits per heavy atom. The number of halogens is 5. The van der Waals surface area contributed by atoms with Crippen molar-refractivity contribution in [3.8, 4) is 0 Å². The van der Waals surface area contributed by atoms with E-state index in [0.29, 0.717) is 4.47 Å². The maximum atomic E-state index is 12.3. The minimum atomic E-state index is -4.36. The summed E-state index contributed by atoms with van der Waals surface area (Å²) in [5.74, 6) is 0. The highest BCUT2D eigenvalue weighted by molar-refractivity contribution is 9.11. The first-order valence-electron chi connectivity index (χ1n) is 3.07. The van der Waals surface area contributed by atoms with E-state index in [-0.39, 0.29) is 9.37 Å². The zero-order valence-corrected chi connectivity index (χ0v) is 10.1. The Balaban J connectivity index is 3.37. The quantitative estimate of drug-likeness (QED) is 0.662. The molecule has 0 fully saturated rings. The number of benzene rings is 1. The van der Waals surface area contributed by atoms with Gasteiger partial charge in [0.1, 0.15) is 0 Å². The summed E-state index contributed by atoms with van der Waals surface area (Å²) >= 11 is 9.69. The summed E-state index contributed by atoms with van der Waals surface area (Å²) in [6.45, 7) is 0.